The lowest BCUT2D eigenvalue weighted by molar-refractivity contribution is 0.378. The number of nitrogens with zero attached hydrogens (tertiary/aromatic N) is 1. The van der Waals surface area contributed by atoms with E-state index in [0.29, 0.717) is 5.69 Å². The molecule has 3 N–H and O–H groups in total. The van der Waals surface area contributed by atoms with Crippen LogP contribution < -0.4 is 0 Å². The molecule has 3 rings (SSSR count). The average molecular weight is 241 g/mol. The minimum atomic E-state index is -0.371. The monoisotopic (exact) mass is 241 g/mol. The molecular formula is C14H11NO3. The van der Waals surface area contributed by atoms with Crippen LogP contribution in [0.5, 0.6) is 17.5 Å². The summed E-state index contributed by atoms with van der Waals surface area (Å²) in [7, 11) is 0. The molecule has 0 atom stereocenters. The summed E-state index contributed by atoms with van der Waals surface area (Å²) in [5.74, 6) is -0.925. The second-order valence-electron chi connectivity index (χ2n) is 4.05. The van der Waals surface area contributed by atoms with E-state index in [0.717, 1.165) is 16.8 Å². The second kappa shape index (κ2) is 3.70. The van der Waals surface area contributed by atoms with Gasteiger partial charge in [-0.3, -0.25) is 0 Å². The molecular weight excluding hydrogens is 230 g/mol. The fourth-order valence-corrected chi connectivity index (χ4v) is 2.12. The van der Waals surface area contributed by atoms with Crippen molar-refractivity contribution in [2.24, 2.45) is 0 Å². The fourth-order valence-electron chi connectivity index (χ4n) is 2.12. The Morgan fingerprint density at radius 3 is 2.28 bits per heavy atom. The molecule has 2 aromatic carbocycles. The maximum absolute atomic E-state index is 9.78. The molecule has 0 fully saturated rings. The SMILES string of the molecule is Oc1cc(O)n(-c2cccc3ccccc23)c1O. The van der Waals surface area contributed by atoms with Gasteiger partial charge in [-0.25, -0.2) is 4.57 Å². The van der Waals surface area contributed by atoms with E-state index >= 15 is 0 Å². The zero-order chi connectivity index (χ0) is 12.7. The van der Waals surface area contributed by atoms with Gasteiger partial charge in [0.15, 0.2) is 5.75 Å². The van der Waals surface area contributed by atoms with Crippen molar-refractivity contribution in [3.63, 3.8) is 0 Å². The highest BCUT2D eigenvalue weighted by atomic mass is 16.3. The standard InChI is InChI=1S/C14H11NO3/c16-12-8-13(17)15(14(12)18)11-7-3-5-9-4-1-2-6-10(9)11/h1-8,16-18H. The lowest BCUT2D eigenvalue weighted by Crippen LogP contribution is -1.93. The summed E-state index contributed by atoms with van der Waals surface area (Å²) in [5, 5.41) is 30.8. The van der Waals surface area contributed by atoms with Crippen molar-refractivity contribution in [2.75, 3.05) is 0 Å². The first-order chi connectivity index (χ1) is 8.68. The molecule has 0 amide bonds. The fraction of sp³-hybridized carbons (Fsp3) is 0. The van der Waals surface area contributed by atoms with Crippen LogP contribution in [0.4, 0.5) is 0 Å². The number of hydrogen-bond acceptors (Lipinski definition) is 3. The Balaban J connectivity index is 2.38. The zero-order valence-electron chi connectivity index (χ0n) is 9.41. The van der Waals surface area contributed by atoms with Crippen molar-refractivity contribution in [3.8, 4) is 23.2 Å². The quantitative estimate of drug-likeness (QED) is 0.613. The van der Waals surface area contributed by atoms with E-state index in [2.05, 4.69) is 0 Å². The van der Waals surface area contributed by atoms with Crippen LogP contribution >= 0.6 is 0 Å². The topological polar surface area (TPSA) is 65.6 Å². The summed E-state index contributed by atoms with van der Waals surface area (Å²) in [5.41, 5.74) is 0.614. The van der Waals surface area contributed by atoms with E-state index in [1.54, 1.807) is 6.07 Å². The van der Waals surface area contributed by atoms with Crippen LogP contribution in [-0.2, 0) is 0 Å². The van der Waals surface area contributed by atoms with Gasteiger partial charge in [0.1, 0.15) is 0 Å². The first-order valence-corrected chi connectivity index (χ1v) is 5.49. The molecule has 1 aromatic heterocycles. The number of aromatic hydroxyl groups is 3. The predicted molar refractivity (Wildman–Crippen MR) is 68.3 cm³/mol. The number of hydrogen-bond donors (Lipinski definition) is 3. The van der Waals surface area contributed by atoms with Gasteiger partial charge in [0.05, 0.1) is 5.69 Å². The van der Waals surface area contributed by atoms with Crippen molar-refractivity contribution >= 4 is 10.8 Å². The number of aromatic nitrogens is 1. The highest BCUT2D eigenvalue weighted by molar-refractivity contribution is 5.90. The van der Waals surface area contributed by atoms with Gasteiger partial charge in [-0.05, 0) is 11.5 Å². The van der Waals surface area contributed by atoms with Crippen LogP contribution in [0.3, 0.4) is 0 Å². The Kier molecular flexibility index (Phi) is 2.16. The van der Waals surface area contributed by atoms with Gasteiger partial charge in [0.2, 0.25) is 11.8 Å². The Morgan fingerprint density at radius 2 is 1.56 bits per heavy atom. The summed E-state index contributed by atoms with van der Waals surface area (Å²) in [6.07, 6.45) is 0. The molecule has 90 valence electrons. The summed E-state index contributed by atoms with van der Waals surface area (Å²) in [6, 6.07) is 14.3. The molecule has 4 nitrogen and oxygen atoms in total. The second-order valence-corrected chi connectivity index (χ2v) is 4.05. The molecule has 0 aliphatic carbocycles. The molecule has 1 heterocycles. The molecule has 0 unspecified atom stereocenters. The highest BCUT2D eigenvalue weighted by Gasteiger charge is 2.15. The summed E-state index contributed by atoms with van der Waals surface area (Å²) in [6.45, 7) is 0. The van der Waals surface area contributed by atoms with E-state index < -0.39 is 0 Å². The van der Waals surface area contributed by atoms with Crippen molar-refractivity contribution in [2.45, 2.75) is 0 Å². The molecule has 0 aliphatic heterocycles. The zero-order valence-corrected chi connectivity index (χ0v) is 9.41. The molecule has 0 spiro atoms. The first-order valence-electron chi connectivity index (χ1n) is 5.49. The van der Waals surface area contributed by atoms with Gasteiger partial charge in [-0.1, -0.05) is 36.4 Å². The average Bonchev–Trinajstić information content (AvgIpc) is 2.63. The van der Waals surface area contributed by atoms with E-state index in [9.17, 15) is 15.3 Å². The van der Waals surface area contributed by atoms with E-state index in [1.807, 2.05) is 36.4 Å². The van der Waals surface area contributed by atoms with Gasteiger partial charge < -0.3 is 15.3 Å². The predicted octanol–water partition coefficient (Wildman–Crippen LogP) is 2.75. The van der Waals surface area contributed by atoms with Gasteiger partial charge in [-0.2, -0.15) is 0 Å². The molecule has 18 heavy (non-hydrogen) atoms. The molecule has 0 bridgehead atoms. The molecule has 3 aromatic rings. The van der Waals surface area contributed by atoms with E-state index in [-0.39, 0.29) is 17.5 Å². The van der Waals surface area contributed by atoms with Crippen molar-refractivity contribution in [1.29, 1.82) is 0 Å². The Hall–Kier alpha value is -2.62. The van der Waals surface area contributed by atoms with Gasteiger partial charge in [0, 0.05) is 11.5 Å². The third-order valence-electron chi connectivity index (χ3n) is 2.94. The van der Waals surface area contributed by atoms with Gasteiger partial charge >= 0.3 is 0 Å². The van der Waals surface area contributed by atoms with Gasteiger partial charge in [0.25, 0.3) is 0 Å². The van der Waals surface area contributed by atoms with Crippen molar-refractivity contribution in [3.05, 3.63) is 48.5 Å². The van der Waals surface area contributed by atoms with Crippen LogP contribution in [0.25, 0.3) is 16.5 Å². The number of rotatable bonds is 1. The molecule has 0 aliphatic rings. The third-order valence-corrected chi connectivity index (χ3v) is 2.94. The normalized spacial score (nSPS) is 10.9. The largest absolute Gasteiger partial charge is 0.503 e. The maximum atomic E-state index is 9.78. The lowest BCUT2D eigenvalue weighted by Gasteiger charge is -2.10. The lowest BCUT2D eigenvalue weighted by atomic mass is 10.1. The van der Waals surface area contributed by atoms with E-state index in [1.165, 1.54) is 4.57 Å². The number of benzene rings is 2. The third kappa shape index (κ3) is 1.39. The summed E-state index contributed by atoms with van der Waals surface area (Å²) >= 11 is 0. The first kappa shape index (κ1) is 10.5. The maximum Gasteiger partial charge on any atom is 0.242 e. The van der Waals surface area contributed by atoms with Crippen LogP contribution in [0.15, 0.2) is 48.5 Å². The van der Waals surface area contributed by atoms with Crippen molar-refractivity contribution < 1.29 is 15.3 Å². The highest BCUT2D eigenvalue weighted by Crippen LogP contribution is 2.38. The Morgan fingerprint density at radius 1 is 0.833 bits per heavy atom. The molecule has 0 saturated carbocycles. The Bertz CT molecular complexity index is 726. The summed E-state index contributed by atoms with van der Waals surface area (Å²) in [4.78, 5) is 0. The van der Waals surface area contributed by atoms with E-state index in [4.69, 9.17) is 0 Å². The molecule has 0 saturated heterocycles. The number of fused-ring (bicyclic) bond motifs is 1. The van der Waals surface area contributed by atoms with Crippen molar-refractivity contribution in [1.82, 2.24) is 4.57 Å². The minimum absolute atomic E-state index is 0.207. The van der Waals surface area contributed by atoms with Crippen LogP contribution in [0.1, 0.15) is 0 Å². The molecule has 0 radical (unpaired) electrons. The van der Waals surface area contributed by atoms with Gasteiger partial charge in [-0.15, -0.1) is 0 Å². The van der Waals surface area contributed by atoms with Crippen LogP contribution in [0, 0.1) is 0 Å². The smallest absolute Gasteiger partial charge is 0.242 e. The van der Waals surface area contributed by atoms with Crippen LogP contribution in [-0.4, -0.2) is 19.9 Å². The summed E-state index contributed by atoms with van der Waals surface area (Å²) < 4.78 is 1.21. The minimum Gasteiger partial charge on any atom is -0.503 e. The van der Waals surface area contributed by atoms with Crippen LogP contribution in [0.2, 0.25) is 0 Å². The Labute approximate surface area is 103 Å². The molecule has 4 heteroatoms.